The lowest BCUT2D eigenvalue weighted by Crippen LogP contribution is -2.33. The number of nitrogens with one attached hydrogen (secondary N) is 1. The average Bonchev–Trinajstić information content (AvgIpc) is 3.33. The third kappa shape index (κ3) is 3.95. The number of nitrogens with zero attached hydrogens (tertiary/aromatic N) is 4. The SMILES string of the molecule is CC(C)S(=O)(=O)c1nc(NCc2ccccc2)c2ncn([C@@H]3O[C@H](CO)[C@@H](O)[C@H]3O)c2n1. The van der Waals surface area contributed by atoms with Gasteiger partial charge >= 0.3 is 0 Å². The highest BCUT2D eigenvalue weighted by atomic mass is 32.2. The lowest BCUT2D eigenvalue weighted by atomic mass is 10.1. The van der Waals surface area contributed by atoms with Crippen molar-refractivity contribution in [1.82, 2.24) is 19.5 Å². The van der Waals surface area contributed by atoms with Crippen molar-refractivity contribution < 1.29 is 28.5 Å². The lowest BCUT2D eigenvalue weighted by Gasteiger charge is -2.17. The van der Waals surface area contributed by atoms with E-state index in [-0.39, 0.29) is 22.1 Å². The first-order chi connectivity index (χ1) is 15.2. The zero-order valence-electron chi connectivity index (χ0n) is 17.5. The van der Waals surface area contributed by atoms with Crippen LogP contribution in [0.3, 0.4) is 0 Å². The van der Waals surface area contributed by atoms with Crippen molar-refractivity contribution in [3.05, 3.63) is 42.2 Å². The molecule has 1 aliphatic heterocycles. The van der Waals surface area contributed by atoms with Crippen LogP contribution in [-0.4, -0.2) is 73.4 Å². The molecule has 0 spiro atoms. The van der Waals surface area contributed by atoms with Crippen molar-refractivity contribution in [2.75, 3.05) is 11.9 Å². The highest BCUT2D eigenvalue weighted by molar-refractivity contribution is 7.91. The summed E-state index contributed by atoms with van der Waals surface area (Å²) < 4.78 is 32.6. The number of ether oxygens (including phenoxy) is 1. The number of benzene rings is 1. The molecule has 11 nitrogen and oxygen atoms in total. The Morgan fingerprint density at radius 1 is 1.16 bits per heavy atom. The van der Waals surface area contributed by atoms with Crippen molar-refractivity contribution in [1.29, 1.82) is 0 Å². The molecule has 0 radical (unpaired) electrons. The minimum atomic E-state index is -3.83. The molecular formula is C20H25N5O6S. The zero-order chi connectivity index (χ0) is 23.0. The van der Waals surface area contributed by atoms with Gasteiger partial charge in [-0.15, -0.1) is 0 Å². The van der Waals surface area contributed by atoms with E-state index in [0.29, 0.717) is 6.54 Å². The van der Waals surface area contributed by atoms with E-state index in [0.717, 1.165) is 5.56 Å². The number of sulfone groups is 1. The Morgan fingerprint density at radius 2 is 1.88 bits per heavy atom. The molecule has 0 bridgehead atoms. The van der Waals surface area contributed by atoms with Gasteiger partial charge in [0.25, 0.3) is 5.16 Å². The quantitative estimate of drug-likeness (QED) is 0.357. The van der Waals surface area contributed by atoms with Crippen LogP contribution in [0.15, 0.2) is 41.8 Å². The van der Waals surface area contributed by atoms with Crippen molar-refractivity contribution in [2.45, 2.75) is 55.3 Å². The maximum absolute atomic E-state index is 12.8. The molecule has 0 saturated carbocycles. The first kappa shape index (κ1) is 22.6. The van der Waals surface area contributed by atoms with Crippen molar-refractivity contribution in [3.63, 3.8) is 0 Å². The predicted molar refractivity (Wildman–Crippen MR) is 114 cm³/mol. The normalized spacial score (nSPS) is 23.8. The second-order valence-electron chi connectivity index (χ2n) is 7.84. The molecule has 1 saturated heterocycles. The number of fused-ring (bicyclic) bond motifs is 1. The Bertz CT molecular complexity index is 1200. The minimum Gasteiger partial charge on any atom is -0.394 e. The van der Waals surface area contributed by atoms with Gasteiger partial charge in [0.1, 0.15) is 18.3 Å². The van der Waals surface area contributed by atoms with Crippen LogP contribution in [0.5, 0.6) is 0 Å². The summed E-state index contributed by atoms with van der Waals surface area (Å²) in [4.78, 5) is 12.8. The van der Waals surface area contributed by atoms with Crippen molar-refractivity contribution >= 4 is 26.8 Å². The van der Waals surface area contributed by atoms with Gasteiger partial charge in [0, 0.05) is 6.54 Å². The van der Waals surface area contributed by atoms with Crippen LogP contribution in [0.25, 0.3) is 11.2 Å². The highest BCUT2D eigenvalue weighted by Gasteiger charge is 2.44. The molecule has 12 heteroatoms. The van der Waals surface area contributed by atoms with Crippen LogP contribution >= 0.6 is 0 Å². The van der Waals surface area contributed by atoms with Crippen LogP contribution in [0.1, 0.15) is 25.6 Å². The largest absolute Gasteiger partial charge is 0.394 e. The van der Waals surface area contributed by atoms with Gasteiger partial charge in [-0.3, -0.25) is 4.57 Å². The predicted octanol–water partition coefficient (Wildman–Crippen LogP) is 0.232. The maximum Gasteiger partial charge on any atom is 0.251 e. The lowest BCUT2D eigenvalue weighted by molar-refractivity contribution is -0.0511. The number of anilines is 1. The number of aliphatic hydroxyl groups is 3. The van der Waals surface area contributed by atoms with E-state index in [1.54, 1.807) is 0 Å². The second-order valence-corrected chi connectivity index (χ2v) is 10.2. The Kier molecular flexibility index (Phi) is 6.14. The van der Waals surface area contributed by atoms with Crippen LogP contribution in [-0.2, 0) is 21.1 Å². The summed E-state index contributed by atoms with van der Waals surface area (Å²) in [6.45, 7) is 2.94. The first-order valence-electron chi connectivity index (χ1n) is 10.1. The van der Waals surface area contributed by atoms with E-state index in [1.165, 1.54) is 24.7 Å². The summed E-state index contributed by atoms with van der Waals surface area (Å²) in [6.07, 6.45) is -3.47. The minimum absolute atomic E-state index is 0.115. The van der Waals surface area contributed by atoms with E-state index in [9.17, 15) is 23.7 Å². The fraction of sp³-hybridized carbons (Fsp3) is 0.450. The number of rotatable bonds is 7. The van der Waals surface area contributed by atoms with Gasteiger partial charge in [-0.05, 0) is 19.4 Å². The third-order valence-corrected chi connectivity index (χ3v) is 7.30. The van der Waals surface area contributed by atoms with E-state index >= 15 is 0 Å². The molecule has 172 valence electrons. The monoisotopic (exact) mass is 463 g/mol. The molecule has 0 unspecified atom stereocenters. The number of aromatic nitrogens is 4. The van der Waals surface area contributed by atoms with Crippen LogP contribution in [0.4, 0.5) is 5.82 Å². The van der Waals surface area contributed by atoms with Gasteiger partial charge in [0.05, 0.1) is 18.2 Å². The molecule has 32 heavy (non-hydrogen) atoms. The van der Waals surface area contributed by atoms with Gasteiger partial charge in [0.2, 0.25) is 9.84 Å². The zero-order valence-corrected chi connectivity index (χ0v) is 18.3. The standard InChI is InChI=1S/C20H25N5O6S/c1-11(2)32(29,30)20-23-17(21-8-12-6-4-3-5-7-12)14-18(24-20)25(10-22-14)19-16(28)15(27)13(9-26)31-19/h3-7,10-11,13,15-16,19,26-28H,8-9H2,1-2H3,(H,21,23,24)/t13-,15-,16-,19-/m1/s1. The van der Waals surface area contributed by atoms with Gasteiger partial charge < -0.3 is 25.4 Å². The molecule has 0 aliphatic carbocycles. The summed E-state index contributed by atoms with van der Waals surface area (Å²) >= 11 is 0. The number of aliphatic hydroxyl groups excluding tert-OH is 3. The van der Waals surface area contributed by atoms with Crippen molar-refractivity contribution in [2.24, 2.45) is 0 Å². The molecule has 1 aliphatic rings. The summed E-state index contributed by atoms with van der Waals surface area (Å²) in [5.74, 6) is 0.212. The Hall–Kier alpha value is -2.64. The molecular weight excluding hydrogens is 438 g/mol. The molecule has 1 aromatic carbocycles. The molecule has 0 amide bonds. The van der Waals surface area contributed by atoms with E-state index in [1.807, 2.05) is 30.3 Å². The Balaban J connectivity index is 1.81. The maximum atomic E-state index is 12.8. The summed E-state index contributed by atoms with van der Waals surface area (Å²) in [7, 11) is -3.83. The Labute approximate surface area is 184 Å². The van der Waals surface area contributed by atoms with Crippen LogP contribution < -0.4 is 5.32 Å². The number of hydrogen-bond donors (Lipinski definition) is 4. The molecule has 1 fully saturated rings. The van der Waals surface area contributed by atoms with E-state index in [4.69, 9.17) is 4.74 Å². The topological polar surface area (TPSA) is 160 Å². The van der Waals surface area contributed by atoms with Gasteiger partial charge in [-0.1, -0.05) is 30.3 Å². The molecule has 4 N–H and O–H groups in total. The third-order valence-electron chi connectivity index (χ3n) is 5.37. The average molecular weight is 464 g/mol. The molecule has 4 rings (SSSR count). The molecule has 3 aromatic rings. The summed E-state index contributed by atoms with van der Waals surface area (Å²) in [6, 6.07) is 9.49. The Morgan fingerprint density at radius 3 is 2.50 bits per heavy atom. The smallest absolute Gasteiger partial charge is 0.251 e. The van der Waals surface area contributed by atoms with Gasteiger partial charge in [0.15, 0.2) is 23.2 Å². The van der Waals surface area contributed by atoms with E-state index in [2.05, 4.69) is 20.3 Å². The van der Waals surface area contributed by atoms with Gasteiger partial charge in [-0.25, -0.2) is 13.4 Å². The summed E-state index contributed by atoms with van der Waals surface area (Å²) in [5, 5.41) is 31.9. The molecule has 3 heterocycles. The summed E-state index contributed by atoms with van der Waals surface area (Å²) in [5.41, 5.74) is 1.35. The van der Waals surface area contributed by atoms with Crippen LogP contribution in [0.2, 0.25) is 0 Å². The first-order valence-corrected chi connectivity index (χ1v) is 11.7. The highest BCUT2D eigenvalue weighted by Crippen LogP contribution is 2.33. The van der Waals surface area contributed by atoms with E-state index < -0.39 is 46.2 Å². The second kappa shape index (κ2) is 8.71. The fourth-order valence-electron chi connectivity index (χ4n) is 3.44. The number of hydrogen-bond acceptors (Lipinski definition) is 10. The van der Waals surface area contributed by atoms with Gasteiger partial charge in [-0.2, -0.15) is 9.97 Å². The van der Waals surface area contributed by atoms with Crippen molar-refractivity contribution in [3.8, 4) is 0 Å². The molecule has 4 atom stereocenters. The molecule has 2 aromatic heterocycles. The fourth-order valence-corrected chi connectivity index (χ4v) is 4.29. The number of imidazole rings is 1. The van der Waals surface area contributed by atoms with Crippen LogP contribution in [0, 0.1) is 0 Å².